The van der Waals surface area contributed by atoms with Crippen molar-refractivity contribution in [3.8, 4) is 0 Å². The minimum Gasteiger partial charge on any atom is -0.481 e. The SMILES string of the molecule is C=CC1=C(C)C(Cc2[nH]c(Cc3[nH]c(CC4=NC(=O)C(C)=C4CCS)c(C)c3CCC(=O)O)c(CCC(=O)O)c2C)=NC1=O. The van der Waals surface area contributed by atoms with Crippen molar-refractivity contribution in [2.75, 3.05) is 5.75 Å². The third-order valence-corrected chi connectivity index (χ3v) is 8.81. The summed E-state index contributed by atoms with van der Waals surface area (Å²) < 4.78 is 0. The number of aliphatic imine (C=N–C) groups is 2. The molecule has 0 unspecified atom stereocenters. The van der Waals surface area contributed by atoms with Gasteiger partial charge in [-0.3, -0.25) is 19.2 Å². The summed E-state index contributed by atoms with van der Waals surface area (Å²) in [5.41, 5.74) is 11.0. The fourth-order valence-corrected chi connectivity index (χ4v) is 6.26. The number of carboxylic acids is 2. The largest absolute Gasteiger partial charge is 0.481 e. The summed E-state index contributed by atoms with van der Waals surface area (Å²) in [4.78, 5) is 63.3. The highest BCUT2D eigenvalue weighted by atomic mass is 32.1. The van der Waals surface area contributed by atoms with E-state index in [1.54, 1.807) is 6.92 Å². The predicted octanol–water partition coefficient (Wildman–Crippen LogP) is 4.77. The van der Waals surface area contributed by atoms with E-state index >= 15 is 0 Å². The van der Waals surface area contributed by atoms with Gasteiger partial charge in [0.05, 0.1) is 11.4 Å². The molecule has 44 heavy (non-hydrogen) atoms. The second kappa shape index (κ2) is 13.6. The lowest BCUT2D eigenvalue weighted by Gasteiger charge is -2.07. The van der Waals surface area contributed by atoms with Crippen LogP contribution in [0.5, 0.6) is 0 Å². The van der Waals surface area contributed by atoms with Crippen LogP contribution in [0.2, 0.25) is 0 Å². The minimum atomic E-state index is -0.911. The minimum absolute atomic E-state index is 0.0551. The highest BCUT2D eigenvalue weighted by Gasteiger charge is 2.27. The molecule has 2 aromatic heterocycles. The van der Waals surface area contributed by atoms with Crippen molar-refractivity contribution in [2.45, 2.75) is 79.1 Å². The molecular formula is C33H38N4O6S. The molecule has 0 saturated carbocycles. The number of aliphatic carboxylic acids is 2. The van der Waals surface area contributed by atoms with Gasteiger partial charge in [-0.15, -0.1) is 0 Å². The average molecular weight is 619 g/mol. The molecule has 0 atom stereocenters. The van der Waals surface area contributed by atoms with Gasteiger partial charge < -0.3 is 20.2 Å². The number of rotatable bonds is 15. The number of hydrogen-bond donors (Lipinski definition) is 5. The lowest BCUT2D eigenvalue weighted by Crippen LogP contribution is -2.07. The Morgan fingerprint density at radius 3 is 1.70 bits per heavy atom. The number of hydrogen-bond acceptors (Lipinski definition) is 5. The molecule has 0 radical (unpaired) electrons. The Labute approximate surface area is 261 Å². The monoisotopic (exact) mass is 618 g/mol. The van der Waals surface area contributed by atoms with Gasteiger partial charge in [0.15, 0.2) is 0 Å². The van der Waals surface area contributed by atoms with E-state index in [4.69, 9.17) is 0 Å². The first-order chi connectivity index (χ1) is 20.9. The Hall–Kier alpha value is -4.25. The molecule has 0 fully saturated rings. The number of amides is 2. The highest BCUT2D eigenvalue weighted by Crippen LogP contribution is 2.30. The maximum absolute atomic E-state index is 12.4. The van der Waals surface area contributed by atoms with Gasteiger partial charge >= 0.3 is 11.9 Å². The smallest absolute Gasteiger partial charge is 0.303 e. The lowest BCUT2D eigenvalue weighted by atomic mass is 9.96. The van der Waals surface area contributed by atoms with Crippen molar-refractivity contribution < 1.29 is 29.4 Å². The van der Waals surface area contributed by atoms with Crippen LogP contribution in [0.1, 0.15) is 78.1 Å². The number of aromatic amines is 2. The van der Waals surface area contributed by atoms with Crippen LogP contribution < -0.4 is 0 Å². The van der Waals surface area contributed by atoms with Gasteiger partial charge in [-0.05, 0) is 86.1 Å². The van der Waals surface area contributed by atoms with Crippen molar-refractivity contribution in [3.63, 3.8) is 0 Å². The molecule has 0 spiro atoms. The fourth-order valence-electron chi connectivity index (χ4n) is 6.03. The van der Waals surface area contributed by atoms with Gasteiger partial charge in [0.25, 0.3) is 11.8 Å². The van der Waals surface area contributed by atoms with E-state index in [1.165, 1.54) is 6.08 Å². The number of nitrogens with one attached hydrogen (secondary N) is 2. The molecule has 0 bridgehead atoms. The average Bonchev–Trinajstić information content (AvgIpc) is 3.60. The number of thiol groups is 1. The zero-order chi connectivity index (χ0) is 32.3. The van der Waals surface area contributed by atoms with E-state index < -0.39 is 11.9 Å². The third-order valence-electron chi connectivity index (χ3n) is 8.59. The third kappa shape index (κ3) is 6.77. The standard InChI is InChI=1S/C33H38N4O6S/c1-6-20-16(2)26(36-33(20)43)13-24-17(3)21(7-9-30(38)39)27(34-24)15-28-22(8-10-31(40)41)18(4)25(35-28)14-29-23(11-12-44)19(5)32(42)37-29/h6,34-35,44H,1,7-15H2,2-5H3,(H,38,39)(H,40,41). The van der Waals surface area contributed by atoms with E-state index in [-0.39, 0.29) is 24.7 Å². The van der Waals surface area contributed by atoms with E-state index in [1.807, 2.05) is 20.8 Å². The number of nitrogens with zero attached hydrogens (tertiary/aromatic N) is 2. The first-order valence-electron chi connectivity index (χ1n) is 14.6. The van der Waals surface area contributed by atoms with E-state index in [0.29, 0.717) is 66.8 Å². The Morgan fingerprint density at radius 1 is 0.750 bits per heavy atom. The molecule has 2 aliphatic rings. The van der Waals surface area contributed by atoms with Crippen molar-refractivity contribution >= 4 is 47.8 Å². The Balaban J connectivity index is 1.73. The fraction of sp³-hybridized carbons (Fsp3) is 0.394. The lowest BCUT2D eigenvalue weighted by molar-refractivity contribution is -0.138. The van der Waals surface area contributed by atoms with Crippen molar-refractivity contribution in [2.24, 2.45) is 9.98 Å². The van der Waals surface area contributed by atoms with Crippen LogP contribution in [0.3, 0.4) is 0 Å². The van der Waals surface area contributed by atoms with Crippen molar-refractivity contribution in [3.05, 3.63) is 80.0 Å². The molecule has 2 aromatic rings. The normalized spacial score (nSPS) is 15.0. The van der Waals surface area contributed by atoms with Gasteiger partial charge in [-0.25, -0.2) is 9.98 Å². The molecule has 0 saturated heterocycles. The number of carbonyl (C=O) groups is 4. The number of H-pyrrole nitrogens is 2. The van der Waals surface area contributed by atoms with Crippen LogP contribution in [0.15, 0.2) is 44.9 Å². The predicted molar refractivity (Wildman–Crippen MR) is 172 cm³/mol. The zero-order valence-electron chi connectivity index (χ0n) is 25.5. The van der Waals surface area contributed by atoms with Crippen LogP contribution >= 0.6 is 12.6 Å². The van der Waals surface area contributed by atoms with E-state index in [9.17, 15) is 29.4 Å². The topological polar surface area (TPSA) is 165 Å². The molecule has 11 heteroatoms. The summed E-state index contributed by atoms with van der Waals surface area (Å²) in [6.07, 6.45) is 3.77. The Kier molecular flexibility index (Phi) is 10.1. The molecule has 2 aliphatic heterocycles. The highest BCUT2D eigenvalue weighted by molar-refractivity contribution is 7.80. The molecular weight excluding hydrogens is 580 g/mol. The number of aromatic nitrogens is 2. The molecule has 10 nitrogen and oxygen atoms in total. The maximum atomic E-state index is 12.4. The zero-order valence-corrected chi connectivity index (χ0v) is 26.4. The summed E-state index contributed by atoms with van der Waals surface area (Å²) in [7, 11) is 0. The second-order valence-corrected chi connectivity index (χ2v) is 11.7. The molecule has 0 aromatic carbocycles. The summed E-state index contributed by atoms with van der Waals surface area (Å²) in [6, 6.07) is 0. The molecule has 0 aliphatic carbocycles. The number of carbonyl (C=O) groups excluding carboxylic acids is 2. The molecule has 4 heterocycles. The summed E-state index contributed by atoms with van der Waals surface area (Å²) in [5.74, 6) is -1.81. The summed E-state index contributed by atoms with van der Waals surface area (Å²) in [5, 5.41) is 18.9. The quantitative estimate of drug-likeness (QED) is 0.180. The van der Waals surface area contributed by atoms with Crippen LogP contribution in [-0.2, 0) is 51.3 Å². The summed E-state index contributed by atoms with van der Waals surface area (Å²) >= 11 is 4.35. The van der Waals surface area contributed by atoms with Crippen LogP contribution in [0.25, 0.3) is 0 Å². The van der Waals surface area contributed by atoms with Gasteiger partial charge in [0.2, 0.25) is 0 Å². The first-order valence-corrected chi connectivity index (χ1v) is 15.2. The Morgan fingerprint density at radius 2 is 1.25 bits per heavy atom. The van der Waals surface area contributed by atoms with E-state index in [2.05, 4.69) is 39.2 Å². The summed E-state index contributed by atoms with van der Waals surface area (Å²) in [6.45, 7) is 11.2. The van der Waals surface area contributed by atoms with Gasteiger partial charge in [0.1, 0.15) is 0 Å². The van der Waals surface area contributed by atoms with Gasteiger partial charge in [-0.1, -0.05) is 12.7 Å². The van der Waals surface area contributed by atoms with Crippen molar-refractivity contribution in [1.82, 2.24) is 9.97 Å². The van der Waals surface area contributed by atoms with Crippen molar-refractivity contribution in [1.29, 1.82) is 0 Å². The maximum Gasteiger partial charge on any atom is 0.303 e. The van der Waals surface area contributed by atoms with Gasteiger partial charge in [0, 0.05) is 66.0 Å². The Bertz CT molecular complexity index is 1700. The van der Waals surface area contributed by atoms with Gasteiger partial charge in [-0.2, -0.15) is 12.6 Å². The molecule has 4 rings (SSSR count). The van der Waals surface area contributed by atoms with Crippen LogP contribution in [0, 0.1) is 13.8 Å². The van der Waals surface area contributed by atoms with Crippen LogP contribution in [0.4, 0.5) is 0 Å². The molecule has 4 N–H and O–H groups in total. The van der Waals surface area contributed by atoms with Crippen LogP contribution in [-0.4, -0.2) is 61.1 Å². The number of carboxylic acid groups (broad SMARTS) is 2. The molecule has 232 valence electrons. The molecule has 2 amide bonds. The first kappa shape index (κ1) is 32.7. The number of allylic oxidation sites excluding steroid dienone is 2. The van der Waals surface area contributed by atoms with E-state index in [0.717, 1.165) is 56.2 Å². The second-order valence-electron chi connectivity index (χ2n) is 11.2.